The summed E-state index contributed by atoms with van der Waals surface area (Å²) in [5.41, 5.74) is 3.98. The van der Waals surface area contributed by atoms with Gasteiger partial charge in [-0.05, 0) is 18.2 Å². The summed E-state index contributed by atoms with van der Waals surface area (Å²) in [7, 11) is 0. The molecule has 3 heterocycles. The van der Waals surface area contributed by atoms with E-state index in [9.17, 15) is 9.59 Å². The Bertz CT molecular complexity index is 1400. The summed E-state index contributed by atoms with van der Waals surface area (Å²) in [6, 6.07) is 16.9. The first kappa shape index (κ1) is 20.1. The van der Waals surface area contributed by atoms with Gasteiger partial charge in [0.05, 0.1) is 17.8 Å². The highest BCUT2D eigenvalue weighted by Gasteiger charge is 2.14. The van der Waals surface area contributed by atoms with Crippen molar-refractivity contribution in [2.45, 2.75) is 6.42 Å². The lowest BCUT2D eigenvalue weighted by molar-refractivity contribution is -0.115. The molecule has 7 nitrogen and oxygen atoms in total. The van der Waals surface area contributed by atoms with E-state index in [4.69, 9.17) is 0 Å². The number of anilines is 2. The van der Waals surface area contributed by atoms with Gasteiger partial charge in [-0.15, -0.1) is 22.7 Å². The van der Waals surface area contributed by atoms with Gasteiger partial charge in [-0.1, -0.05) is 36.4 Å². The summed E-state index contributed by atoms with van der Waals surface area (Å²) in [4.78, 5) is 36.8. The van der Waals surface area contributed by atoms with Gasteiger partial charge in [0.25, 0.3) is 5.91 Å². The molecule has 0 atom stereocenters. The molecule has 9 heteroatoms. The molecule has 0 unspecified atom stereocenters. The Morgan fingerprint density at radius 3 is 2.50 bits per heavy atom. The first-order valence-electron chi connectivity index (χ1n) is 9.78. The fourth-order valence-electron chi connectivity index (χ4n) is 3.27. The maximum Gasteiger partial charge on any atom is 0.257 e. The highest BCUT2D eigenvalue weighted by atomic mass is 32.1. The molecule has 2 amide bonds. The second-order valence-electron chi connectivity index (χ2n) is 6.97. The molecule has 0 spiro atoms. The summed E-state index contributed by atoms with van der Waals surface area (Å²) in [5, 5.41) is 11.3. The number of hydrogen-bond acceptors (Lipinski definition) is 6. The van der Waals surface area contributed by atoms with Crippen molar-refractivity contribution in [1.82, 2.24) is 15.0 Å². The maximum atomic E-state index is 12.5. The molecule has 0 aliphatic rings. The van der Waals surface area contributed by atoms with Gasteiger partial charge in [0, 0.05) is 39.0 Å². The minimum Gasteiger partial charge on any atom is -0.360 e. The molecule has 3 N–H and O–H groups in total. The van der Waals surface area contributed by atoms with Crippen LogP contribution in [0.15, 0.2) is 71.6 Å². The molecule has 5 rings (SSSR count). The van der Waals surface area contributed by atoms with Gasteiger partial charge in [-0.25, -0.2) is 9.97 Å². The number of thiazole rings is 2. The summed E-state index contributed by atoms with van der Waals surface area (Å²) in [6.07, 6.45) is 2.02. The molecule has 5 aromatic rings. The number of para-hydroxylation sites is 1. The number of carbonyl (C=O) groups is 2. The smallest absolute Gasteiger partial charge is 0.257 e. The second kappa shape index (κ2) is 8.74. The highest BCUT2D eigenvalue weighted by molar-refractivity contribution is 7.14. The molecule has 158 valence electrons. The molecule has 0 aliphatic heterocycles. The summed E-state index contributed by atoms with van der Waals surface area (Å²) < 4.78 is 0. The molecule has 3 aromatic heterocycles. The molecule has 32 heavy (non-hydrogen) atoms. The number of fused-ring (bicyclic) bond motifs is 1. The molecular weight excluding hydrogens is 442 g/mol. The van der Waals surface area contributed by atoms with E-state index in [1.807, 2.05) is 41.9 Å². The molecule has 0 radical (unpaired) electrons. The summed E-state index contributed by atoms with van der Waals surface area (Å²) in [5.74, 6) is -0.445. The predicted octanol–water partition coefficient (Wildman–Crippen LogP) is 5.18. The number of rotatable bonds is 6. The topological polar surface area (TPSA) is 99.8 Å². The van der Waals surface area contributed by atoms with E-state index in [1.54, 1.807) is 29.6 Å². The van der Waals surface area contributed by atoms with Crippen LogP contribution in [0, 0.1) is 0 Å². The molecule has 0 saturated carbocycles. The minimum absolute atomic E-state index is 0.0969. The largest absolute Gasteiger partial charge is 0.360 e. The quantitative estimate of drug-likeness (QED) is 0.326. The number of aromatic amines is 1. The third kappa shape index (κ3) is 4.29. The van der Waals surface area contributed by atoms with Crippen LogP contribution in [-0.4, -0.2) is 26.8 Å². The maximum absolute atomic E-state index is 12.5. The van der Waals surface area contributed by atoms with Gasteiger partial charge in [0.1, 0.15) is 0 Å². The van der Waals surface area contributed by atoms with Crippen molar-refractivity contribution in [3.05, 3.63) is 82.8 Å². The van der Waals surface area contributed by atoms with E-state index >= 15 is 0 Å². The van der Waals surface area contributed by atoms with E-state index in [0.29, 0.717) is 21.5 Å². The normalized spacial score (nSPS) is 10.9. The third-order valence-electron chi connectivity index (χ3n) is 4.77. The molecule has 2 aromatic carbocycles. The number of aromatic nitrogens is 3. The zero-order valence-corrected chi connectivity index (χ0v) is 18.3. The Kier molecular flexibility index (Phi) is 5.49. The van der Waals surface area contributed by atoms with Crippen LogP contribution in [0.1, 0.15) is 16.1 Å². The zero-order valence-electron chi connectivity index (χ0n) is 16.7. The Morgan fingerprint density at radius 1 is 0.875 bits per heavy atom. The first-order valence-corrected chi connectivity index (χ1v) is 11.5. The number of benzene rings is 2. The third-order valence-corrected chi connectivity index (χ3v) is 6.33. The standard InChI is InChI=1S/C23H17N5O2S2/c29-20(10-15-12-31-22(25-15)28-21(30)14-6-2-1-3-7-14)27-23-26-19(13-32-23)17-11-24-18-9-5-4-8-16(17)18/h1-9,11-13,24H,10H2,(H,25,28,30)(H,26,27,29). The number of hydrogen-bond donors (Lipinski definition) is 3. The van der Waals surface area contributed by atoms with Gasteiger partial charge < -0.3 is 10.3 Å². The predicted molar refractivity (Wildman–Crippen MR) is 128 cm³/mol. The van der Waals surface area contributed by atoms with Gasteiger partial charge in [0.15, 0.2) is 10.3 Å². The number of nitrogens with zero attached hydrogens (tertiary/aromatic N) is 2. The van der Waals surface area contributed by atoms with Gasteiger partial charge in [0.2, 0.25) is 5.91 Å². The lowest BCUT2D eigenvalue weighted by atomic mass is 10.1. The van der Waals surface area contributed by atoms with Crippen molar-refractivity contribution in [1.29, 1.82) is 0 Å². The number of nitrogens with one attached hydrogen (secondary N) is 3. The SMILES string of the molecule is O=C(Cc1csc(NC(=O)c2ccccc2)n1)Nc1nc(-c2c[nH]c3ccccc23)cs1. The van der Waals surface area contributed by atoms with Crippen molar-refractivity contribution >= 4 is 55.7 Å². The second-order valence-corrected chi connectivity index (χ2v) is 8.69. The Labute approximate surface area is 191 Å². The Balaban J connectivity index is 1.21. The van der Waals surface area contributed by atoms with Crippen LogP contribution in [0.25, 0.3) is 22.2 Å². The van der Waals surface area contributed by atoms with Crippen LogP contribution < -0.4 is 10.6 Å². The average Bonchev–Trinajstić information content (AvgIpc) is 3.54. The first-order chi connectivity index (χ1) is 15.7. The van der Waals surface area contributed by atoms with Crippen LogP contribution in [0.4, 0.5) is 10.3 Å². The number of amides is 2. The highest BCUT2D eigenvalue weighted by Crippen LogP contribution is 2.31. The zero-order chi connectivity index (χ0) is 21.9. The van der Waals surface area contributed by atoms with Crippen LogP contribution in [0.3, 0.4) is 0 Å². The molecule has 0 aliphatic carbocycles. The van der Waals surface area contributed by atoms with Crippen LogP contribution in [-0.2, 0) is 11.2 Å². The molecule has 0 bridgehead atoms. The summed E-state index contributed by atoms with van der Waals surface area (Å²) in [6.45, 7) is 0. The van der Waals surface area contributed by atoms with Crippen molar-refractivity contribution < 1.29 is 9.59 Å². The van der Waals surface area contributed by atoms with E-state index in [-0.39, 0.29) is 18.2 Å². The summed E-state index contributed by atoms with van der Waals surface area (Å²) >= 11 is 2.66. The van der Waals surface area contributed by atoms with Gasteiger partial charge in [-0.2, -0.15) is 0 Å². The van der Waals surface area contributed by atoms with Crippen molar-refractivity contribution in [3.63, 3.8) is 0 Å². The van der Waals surface area contributed by atoms with E-state index in [1.165, 1.54) is 22.7 Å². The van der Waals surface area contributed by atoms with Crippen molar-refractivity contribution in [2.24, 2.45) is 0 Å². The van der Waals surface area contributed by atoms with Crippen LogP contribution in [0.2, 0.25) is 0 Å². The molecular formula is C23H17N5O2S2. The van der Waals surface area contributed by atoms with E-state index < -0.39 is 0 Å². The monoisotopic (exact) mass is 459 g/mol. The fourth-order valence-corrected chi connectivity index (χ4v) is 4.70. The van der Waals surface area contributed by atoms with Crippen molar-refractivity contribution in [2.75, 3.05) is 10.6 Å². The van der Waals surface area contributed by atoms with Gasteiger partial charge >= 0.3 is 0 Å². The van der Waals surface area contributed by atoms with Gasteiger partial charge in [-0.3, -0.25) is 14.9 Å². The Morgan fingerprint density at radius 2 is 1.62 bits per heavy atom. The van der Waals surface area contributed by atoms with E-state index in [0.717, 1.165) is 22.2 Å². The number of H-pyrrole nitrogens is 1. The van der Waals surface area contributed by atoms with E-state index in [2.05, 4.69) is 25.6 Å². The minimum atomic E-state index is -0.233. The molecule has 0 fully saturated rings. The Hall–Kier alpha value is -3.82. The van der Waals surface area contributed by atoms with Crippen molar-refractivity contribution in [3.8, 4) is 11.3 Å². The van der Waals surface area contributed by atoms with Crippen LogP contribution in [0.5, 0.6) is 0 Å². The lowest BCUT2D eigenvalue weighted by Crippen LogP contribution is -2.15. The van der Waals surface area contributed by atoms with Crippen LogP contribution >= 0.6 is 22.7 Å². The average molecular weight is 460 g/mol. The number of carbonyl (C=O) groups excluding carboxylic acids is 2. The molecule has 0 saturated heterocycles. The fraction of sp³-hybridized carbons (Fsp3) is 0.0435. The lowest BCUT2D eigenvalue weighted by Gasteiger charge is -2.01.